The highest BCUT2D eigenvalue weighted by molar-refractivity contribution is 5.86. The van der Waals surface area contributed by atoms with Gasteiger partial charge >= 0.3 is 6.09 Å². The van der Waals surface area contributed by atoms with Crippen molar-refractivity contribution < 1.29 is 14.6 Å². The van der Waals surface area contributed by atoms with Crippen molar-refractivity contribution in [2.75, 3.05) is 5.32 Å². The zero-order chi connectivity index (χ0) is 14.0. The van der Waals surface area contributed by atoms with Crippen LogP contribution >= 0.6 is 0 Å². The predicted molar refractivity (Wildman–Crippen MR) is 74.3 cm³/mol. The van der Waals surface area contributed by atoms with E-state index in [2.05, 4.69) is 5.32 Å². The number of carbonyl (C=O) groups is 1. The van der Waals surface area contributed by atoms with Crippen LogP contribution in [0.25, 0.3) is 0 Å². The highest BCUT2D eigenvalue weighted by atomic mass is 16.6. The summed E-state index contributed by atoms with van der Waals surface area (Å²) < 4.78 is 5.25. The van der Waals surface area contributed by atoms with Crippen LogP contribution in [0.4, 0.5) is 10.5 Å². The molecule has 0 aliphatic heterocycles. The van der Waals surface area contributed by atoms with Crippen molar-refractivity contribution in [2.45, 2.75) is 51.7 Å². The van der Waals surface area contributed by atoms with Gasteiger partial charge in [-0.05, 0) is 50.8 Å². The van der Waals surface area contributed by atoms with E-state index in [4.69, 9.17) is 4.74 Å². The summed E-state index contributed by atoms with van der Waals surface area (Å²) in [5, 5.41) is 12.5. The Hall–Kier alpha value is -1.55. The molecule has 104 valence electrons. The topological polar surface area (TPSA) is 58.6 Å². The Morgan fingerprint density at radius 1 is 1.42 bits per heavy atom. The molecule has 1 aromatic carbocycles. The second-order valence-corrected chi connectivity index (χ2v) is 5.97. The Labute approximate surface area is 113 Å². The summed E-state index contributed by atoms with van der Waals surface area (Å²) in [6.45, 7) is 5.49. The van der Waals surface area contributed by atoms with Crippen LogP contribution in [-0.2, 0) is 17.6 Å². The molecule has 0 radical (unpaired) electrons. The molecular formula is C15H21NO3. The van der Waals surface area contributed by atoms with Crippen molar-refractivity contribution in [3.63, 3.8) is 0 Å². The van der Waals surface area contributed by atoms with Gasteiger partial charge in [0.05, 0.1) is 6.10 Å². The first-order valence-electron chi connectivity index (χ1n) is 6.64. The van der Waals surface area contributed by atoms with Gasteiger partial charge in [-0.3, -0.25) is 5.32 Å². The summed E-state index contributed by atoms with van der Waals surface area (Å²) in [6, 6.07) is 5.81. The Morgan fingerprint density at radius 3 is 2.84 bits per heavy atom. The standard InChI is InChI=1S/C15H21NO3/c1-15(2,3)19-14(18)16-13-6-4-5-10-7-8-11(17)9-12(10)13/h4-6,11,17H,7-9H2,1-3H3,(H,16,18)/t11-/m1/s1. The zero-order valence-electron chi connectivity index (χ0n) is 11.7. The molecule has 0 heterocycles. The van der Waals surface area contributed by atoms with E-state index in [-0.39, 0.29) is 6.10 Å². The summed E-state index contributed by atoms with van der Waals surface area (Å²) in [5.41, 5.74) is 2.44. The summed E-state index contributed by atoms with van der Waals surface area (Å²) in [6.07, 6.45) is 1.43. The van der Waals surface area contributed by atoms with E-state index >= 15 is 0 Å². The van der Waals surface area contributed by atoms with Crippen molar-refractivity contribution >= 4 is 11.8 Å². The van der Waals surface area contributed by atoms with Crippen molar-refractivity contribution in [1.82, 2.24) is 0 Å². The fourth-order valence-corrected chi connectivity index (χ4v) is 2.30. The normalized spacial score (nSPS) is 18.6. The van der Waals surface area contributed by atoms with Gasteiger partial charge in [0, 0.05) is 12.1 Å². The molecule has 0 bridgehead atoms. The first kappa shape index (κ1) is 13.9. The van der Waals surface area contributed by atoms with Crippen LogP contribution in [0.1, 0.15) is 38.3 Å². The Kier molecular flexibility index (Phi) is 3.80. The van der Waals surface area contributed by atoms with Gasteiger partial charge in [-0.2, -0.15) is 0 Å². The Balaban J connectivity index is 2.15. The van der Waals surface area contributed by atoms with Gasteiger partial charge in [-0.1, -0.05) is 12.1 Å². The number of aliphatic hydroxyl groups is 1. The molecule has 0 spiro atoms. The van der Waals surface area contributed by atoms with Gasteiger partial charge in [0.2, 0.25) is 0 Å². The molecule has 4 heteroatoms. The SMILES string of the molecule is CC(C)(C)OC(=O)Nc1cccc2c1C[C@H](O)CC2. The van der Waals surface area contributed by atoms with Gasteiger partial charge in [-0.25, -0.2) is 4.79 Å². The summed E-state index contributed by atoms with van der Waals surface area (Å²) in [4.78, 5) is 11.8. The fourth-order valence-electron chi connectivity index (χ4n) is 2.30. The van der Waals surface area contributed by atoms with Crippen molar-refractivity contribution in [2.24, 2.45) is 0 Å². The average molecular weight is 263 g/mol. The molecule has 0 fully saturated rings. The van der Waals surface area contributed by atoms with E-state index in [1.807, 2.05) is 39.0 Å². The lowest BCUT2D eigenvalue weighted by molar-refractivity contribution is 0.0635. The number of hydrogen-bond donors (Lipinski definition) is 2. The van der Waals surface area contributed by atoms with Gasteiger partial charge in [-0.15, -0.1) is 0 Å². The monoisotopic (exact) mass is 263 g/mol. The minimum absolute atomic E-state index is 0.325. The van der Waals surface area contributed by atoms with Crippen LogP contribution in [0, 0.1) is 0 Å². The second-order valence-electron chi connectivity index (χ2n) is 5.97. The van der Waals surface area contributed by atoms with E-state index in [9.17, 15) is 9.90 Å². The number of anilines is 1. The second kappa shape index (κ2) is 5.21. The zero-order valence-corrected chi connectivity index (χ0v) is 11.7. The quantitative estimate of drug-likeness (QED) is 0.819. The minimum atomic E-state index is -0.515. The van der Waals surface area contributed by atoms with Crippen LogP contribution in [0.15, 0.2) is 18.2 Å². The number of rotatable bonds is 1. The number of fused-ring (bicyclic) bond motifs is 1. The number of aliphatic hydroxyl groups excluding tert-OH is 1. The number of aryl methyl sites for hydroxylation is 1. The molecule has 1 amide bonds. The van der Waals surface area contributed by atoms with Crippen LogP contribution < -0.4 is 5.32 Å². The highest BCUT2D eigenvalue weighted by Crippen LogP contribution is 2.28. The van der Waals surface area contributed by atoms with Crippen molar-refractivity contribution in [3.8, 4) is 0 Å². The number of nitrogens with one attached hydrogen (secondary N) is 1. The third kappa shape index (κ3) is 3.70. The van der Waals surface area contributed by atoms with Crippen molar-refractivity contribution in [3.05, 3.63) is 29.3 Å². The van der Waals surface area contributed by atoms with Gasteiger partial charge < -0.3 is 9.84 Å². The lowest BCUT2D eigenvalue weighted by atomic mass is 9.88. The fraction of sp³-hybridized carbons (Fsp3) is 0.533. The van der Waals surface area contributed by atoms with E-state index < -0.39 is 11.7 Å². The summed E-state index contributed by atoms with van der Waals surface area (Å²) in [5.74, 6) is 0. The van der Waals surface area contributed by atoms with Gasteiger partial charge in [0.15, 0.2) is 0 Å². The molecule has 1 aromatic rings. The third-order valence-corrected chi connectivity index (χ3v) is 3.10. The van der Waals surface area contributed by atoms with E-state index in [1.165, 1.54) is 5.56 Å². The maximum Gasteiger partial charge on any atom is 0.412 e. The van der Waals surface area contributed by atoms with E-state index in [0.717, 1.165) is 24.1 Å². The van der Waals surface area contributed by atoms with Gasteiger partial charge in [0.25, 0.3) is 0 Å². The molecule has 19 heavy (non-hydrogen) atoms. The Bertz CT molecular complexity index is 477. The first-order chi connectivity index (χ1) is 8.85. The number of amides is 1. The molecule has 1 aliphatic carbocycles. The molecular weight excluding hydrogens is 242 g/mol. The van der Waals surface area contributed by atoms with Crippen LogP contribution in [0.3, 0.4) is 0 Å². The summed E-state index contributed by atoms with van der Waals surface area (Å²) in [7, 11) is 0. The highest BCUT2D eigenvalue weighted by Gasteiger charge is 2.21. The summed E-state index contributed by atoms with van der Waals surface area (Å²) >= 11 is 0. The predicted octanol–water partition coefficient (Wildman–Crippen LogP) is 2.88. The molecule has 2 rings (SSSR count). The third-order valence-electron chi connectivity index (χ3n) is 3.10. The molecule has 1 atom stereocenters. The van der Waals surface area contributed by atoms with Crippen LogP contribution in [-0.4, -0.2) is 22.9 Å². The average Bonchev–Trinajstić information content (AvgIpc) is 2.27. The lowest BCUT2D eigenvalue weighted by Gasteiger charge is -2.24. The molecule has 0 saturated carbocycles. The lowest BCUT2D eigenvalue weighted by Crippen LogP contribution is -2.28. The first-order valence-corrected chi connectivity index (χ1v) is 6.64. The van der Waals surface area contributed by atoms with Gasteiger partial charge in [0.1, 0.15) is 5.60 Å². The minimum Gasteiger partial charge on any atom is -0.444 e. The van der Waals surface area contributed by atoms with Crippen LogP contribution in [0.2, 0.25) is 0 Å². The van der Waals surface area contributed by atoms with E-state index in [1.54, 1.807) is 0 Å². The maximum absolute atomic E-state index is 11.8. The molecule has 0 aromatic heterocycles. The number of benzene rings is 1. The number of ether oxygens (including phenoxy) is 1. The molecule has 4 nitrogen and oxygen atoms in total. The molecule has 0 saturated heterocycles. The largest absolute Gasteiger partial charge is 0.444 e. The Morgan fingerprint density at radius 2 is 2.16 bits per heavy atom. The molecule has 1 aliphatic rings. The number of hydrogen-bond acceptors (Lipinski definition) is 3. The molecule has 0 unspecified atom stereocenters. The number of carbonyl (C=O) groups excluding carboxylic acids is 1. The van der Waals surface area contributed by atoms with Crippen molar-refractivity contribution in [1.29, 1.82) is 0 Å². The van der Waals surface area contributed by atoms with Crippen LogP contribution in [0.5, 0.6) is 0 Å². The molecule has 2 N–H and O–H groups in total. The smallest absolute Gasteiger partial charge is 0.412 e. The maximum atomic E-state index is 11.8. The van der Waals surface area contributed by atoms with E-state index in [0.29, 0.717) is 6.42 Å².